The molecule has 28 heavy (non-hydrogen) atoms. The molecule has 3 rings (SSSR count). The number of halogens is 3. The number of alkyl halides is 3. The van der Waals surface area contributed by atoms with Crippen LogP contribution in [0.3, 0.4) is 0 Å². The van der Waals surface area contributed by atoms with Gasteiger partial charge in [-0.3, -0.25) is 14.4 Å². The maximum absolute atomic E-state index is 12.9. The van der Waals surface area contributed by atoms with Crippen LogP contribution in [-0.4, -0.2) is 35.5 Å². The Balaban J connectivity index is 1.74. The van der Waals surface area contributed by atoms with Gasteiger partial charge in [0.15, 0.2) is 11.6 Å². The summed E-state index contributed by atoms with van der Waals surface area (Å²) < 4.78 is 38.7. The van der Waals surface area contributed by atoms with Crippen LogP contribution in [0.5, 0.6) is 0 Å². The lowest BCUT2D eigenvalue weighted by atomic mass is 9.89. The zero-order valence-electron chi connectivity index (χ0n) is 15.1. The van der Waals surface area contributed by atoms with Crippen molar-refractivity contribution in [2.75, 3.05) is 13.1 Å². The first-order chi connectivity index (χ1) is 13.2. The molecule has 1 saturated heterocycles. The molecule has 0 saturated carbocycles. The number of piperidine rings is 1. The van der Waals surface area contributed by atoms with E-state index >= 15 is 0 Å². The second-order valence-corrected chi connectivity index (χ2v) is 7.84. The second-order valence-electron chi connectivity index (χ2n) is 6.75. The molecule has 0 N–H and O–H groups in total. The summed E-state index contributed by atoms with van der Waals surface area (Å²) in [4.78, 5) is 39.3. The van der Waals surface area contributed by atoms with Gasteiger partial charge in [-0.25, -0.2) is 0 Å². The molecule has 1 unspecified atom stereocenters. The quantitative estimate of drug-likeness (QED) is 0.688. The van der Waals surface area contributed by atoms with Crippen molar-refractivity contribution in [3.63, 3.8) is 0 Å². The predicted molar refractivity (Wildman–Crippen MR) is 98.7 cm³/mol. The van der Waals surface area contributed by atoms with Crippen LogP contribution >= 0.6 is 11.3 Å². The number of likely N-dealkylation sites (tertiary alicyclic amines) is 1. The summed E-state index contributed by atoms with van der Waals surface area (Å²) in [5, 5.41) is 0. The molecule has 0 aliphatic carbocycles. The number of carbonyl (C=O) groups excluding carboxylic acids is 3. The number of benzene rings is 1. The highest BCUT2D eigenvalue weighted by Gasteiger charge is 2.33. The van der Waals surface area contributed by atoms with Crippen molar-refractivity contribution >= 4 is 28.8 Å². The van der Waals surface area contributed by atoms with Crippen LogP contribution in [0.4, 0.5) is 13.2 Å². The Kier molecular flexibility index (Phi) is 5.69. The van der Waals surface area contributed by atoms with E-state index in [1.54, 1.807) is 12.1 Å². The van der Waals surface area contributed by atoms with E-state index in [4.69, 9.17) is 0 Å². The second kappa shape index (κ2) is 7.87. The van der Waals surface area contributed by atoms with Crippen molar-refractivity contribution in [1.29, 1.82) is 0 Å². The Morgan fingerprint density at radius 3 is 2.46 bits per heavy atom. The fraction of sp³-hybridized carbons (Fsp3) is 0.350. The molecule has 2 aromatic rings. The molecule has 1 aliphatic rings. The smallest absolute Gasteiger partial charge is 0.337 e. The molecule has 1 aromatic heterocycles. The average molecular weight is 409 g/mol. The first kappa shape index (κ1) is 20.3. The molecule has 148 valence electrons. The summed E-state index contributed by atoms with van der Waals surface area (Å²) in [5.41, 5.74) is -0.860. The summed E-state index contributed by atoms with van der Waals surface area (Å²) in [6, 6.07) is 7.56. The number of rotatable bonds is 4. The van der Waals surface area contributed by atoms with Gasteiger partial charge in [0.05, 0.1) is 15.3 Å². The highest BCUT2D eigenvalue weighted by molar-refractivity contribution is 7.15. The van der Waals surface area contributed by atoms with Crippen molar-refractivity contribution < 1.29 is 27.6 Å². The lowest BCUT2D eigenvalue weighted by molar-refractivity contribution is -0.137. The van der Waals surface area contributed by atoms with Crippen LogP contribution in [0.2, 0.25) is 0 Å². The van der Waals surface area contributed by atoms with Gasteiger partial charge in [0, 0.05) is 24.6 Å². The van der Waals surface area contributed by atoms with Crippen molar-refractivity contribution in [3.05, 3.63) is 57.3 Å². The van der Waals surface area contributed by atoms with E-state index in [2.05, 4.69) is 0 Å². The van der Waals surface area contributed by atoms with Gasteiger partial charge < -0.3 is 4.90 Å². The van der Waals surface area contributed by atoms with Gasteiger partial charge >= 0.3 is 6.18 Å². The molecule has 1 aliphatic heterocycles. The van der Waals surface area contributed by atoms with Crippen molar-refractivity contribution in [2.45, 2.75) is 25.9 Å². The molecule has 1 fully saturated rings. The highest BCUT2D eigenvalue weighted by atomic mass is 32.1. The molecule has 1 amide bonds. The van der Waals surface area contributed by atoms with Crippen LogP contribution in [0, 0.1) is 5.92 Å². The number of nitrogens with zero attached hydrogens (tertiary/aromatic N) is 1. The van der Waals surface area contributed by atoms with E-state index in [9.17, 15) is 27.6 Å². The normalized spacial score (nSPS) is 17.4. The minimum atomic E-state index is -4.52. The fourth-order valence-corrected chi connectivity index (χ4v) is 4.13. The number of ketones is 2. The zero-order chi connectivity index (χ0) is 20.5. The van der Waals surface area contributed by atoms with Gasteiger partial charge in [-0.2, -0.15) is 13.2 Å². The third kappa shape index (κ3) is 4.32. The Hall–Kier alpha value is -2.48. The third-order valence-corrected chi connectivity index (χ3v) is 5.89. The molecule has 2 heterocycles. The van der Waals surface area contributed by atoms with Crippen LogP contribution in [0.1, 0.15) is 55.0 Å². The predicted octanol–water partition coefficient (Wildman–Crippen LogP) is 4.70. The van der Waals surface area contributed by atoms with Crippen molar-refractivity contribution in [3.8, 4) is 0 Å². The number of carbonyl (C=O) groups is 3. The highest BCUT2D eigenvalue weighted by Crippen LogP contribution is 2.31. The number of amides is 1. The SMILES string of the molecule is CC(=O)c1ccc(C(=O)N2CCCC(C(=O)c3cccc(C(F)(F)F)c3)C2)s1. The van der Waals surface area contributed by atoms with E-state index in [-0.39, 0.29) is 29.6 Å². The molecule has 1 atom stereocenters. The van der Waals surface area contributed by atoms with Crippen LogP contribution in [0.15, 0.2) is 36.4 Å². The Morgan fingerprint density at radius 2 is 1.82 bits per heavy atom. The topological polar surface area (TPSA) is 54.5 Å². The minimum Gasteiger partial charge on any atom is -0.337 e. The average Bonchev–Trinajstić information content (AvgIpc) is 3.17. The number of hydrogen-bond acceptors (Lipinski definition) is 4. The lowest BCUT2D eigenvalue weighted by Gasteiger charge is -2.31. The first-order valence-corrected chi connectivity index (χ1v) is 9.60. The van der Waals surface area contributed by atoms with Gasteiger partial charge in [0.1, 0.15) is 0 Å². The Bertz CT molecular complexity index is 919. The number of thiophene rings is 1. The van der Waals surface area contributed by atoms with E-state index < -0.39 is 17.7 Å². The molecule has 4 nitrogen and oxygen atoms in total. The molecular formula is C20H18F3NO3S. The van der Waals surface area contributed by atoms with E-state index in [0.717, 1.165) is 23.5 Å². The van der Waals surface area contributed by atoms with Gasteiger partial charge in [0.25, 0.3) is 5.91 Å². The number of hydrogen-bond donors (Lipinski definition) is 0. The minimum absolute atomic E-state index is 0.00381. The zero-order valence-corrected chi connectivity index (χ0v) is 15.9. The van der Waals surface area contributed by atoms with E-state index in [0.29, 0.717) is 29.1 Å². The van der Waals surface area contributed by atoms with Gasteiger partial charge in [-0.1, -0.05) is 12.1 Å². The van der Waals surface area contributed by atoms with Crippen LogP contribution in [0.25, 0.3) is 0 Å². The Morgan fingerprint density at radius 1 is 1.11 bits per heavy atom. The summed E-state index contributed by atoms with van der Waals surface area (Å²) in [5.74, 6) is -1.33. The molecule has 1 aromatic carbocycles. The molecular weight excluding hydrogens is 391 g/mol. The molecule has 0 radical (unpaired) electrons. The monoisotopic (exact) mass is 409 g/mol. The third-order valence-electron chi connectivity index (χ3n) is 4.72. The van der Waals surface area contributed by atoms with E-state index in [1.165, 1.54) is 24.0 Å². The first-order valence-electron chi connectivity index (χ1n) is 8.78. The van der Waals surface area contributed by atoms with Crippen LogP contribution in [-0.2, 0) is 6.18 Å². The standard InChI is InChI=1S/C20H18F3NO3S/c1-12(25)16-7-8-17(28-16)19(27)24-9-3-5-14(11-24)18(26)13-4-2-6-15(10-13)20(21,22)23/h2,4,6-8,10,14H,3,5,9,11H2,1H3. The summed E-state index contributed by atoms with van der Waals surface area (Å²) in [6.45, 7) is 2.05. The summed E-state index contributed by atoms with van der Waals surface area (Å²) in [6.07, 6.45) is -3.41. The van der Waals surface area contributed by atoms with Crippen LogP contribution < -0.4 is 0 Å². The van der Waals surface area contributed by atoms with Gasteiger partial charge in [-0.05, 0) is 44.0 Å². The molecule has 0 bridgehead atoms. The van der Waals surface area contributed by atoms with Gasteiger partial charge in [-0.15, -0.1) is 11.3 Å². The Labute approximate surface area is 164 Å². The molecule has 8 heteroatoms. The van der Waals surface area contributed by atoms with Crippen molar-refractivity contribution in [2.24, 2.45) is 5.92 Å². The largest absolute Gasteiger partial charge is 0.416 e. The van der Waals surface area contributed by atoms with Gasteiger partial charge in [0.2, 0.25) is 0 Å². The lowest BCUT2D eigenvalue weighted by Crippen LogP contribution is -2.42. The fourth-order valence-electron chi connectivity index (χ4n) is 3.26. The number of Topliss-reactive ketones (excluding diaryl/α,β-unsaturated/α-hetero) is 2. The van der Waals surface area contributed by atoms with E-state index in [1.807, 2.05) is 0 Å². The maximum Gasteiger partial charge on any atom is 0.416 e. The summed E-state index contributed by atoms with van der Waals surface area (Å²) >= 11 is 1.10. The van der Waals surface area contributed by atoms with Crippen molar-refractivity contribution in [1.82, 2.24) is 4.90 Å². The maximum atomic E-state index is 12.9. The molecule has 0 spiro atoms. The summed E-state index contributed by atoms with van der Waals surface area (Å²) in [7, 11) is 0.